The van der Waals surface area contributed by atoms with Gasteiger partial charge in [0.05, 0.1) is 6.21 Å². The quantitative estimate of drug-likeness (QED) is 0.209. The van der Waals surface area contributed by atoms with Gasteiger partial charge in [0.25, 0.3) is 11.5 Å². The summed E-state index contributed by atoms with van der Waals surface area (Å²) in [6, 6.07) is 6.68. The number of carboxylic acids is 1. The van der Waals surface area contributed by atoms with Gasteiger partial charge in [-0.15, -0.1) is 9.90 Å². The van der Waals surface area contributed by atoms with Crippen molar-refractivity contribution in [1.29, 1.82) is 0 Å². The number of anilines is 1. The highest BCUT2D eigenvalue weighted by atomic mass is 16.6. The number of hydrazone groups is 1. The van der Waals surface area contributed by atoms with E-state index in [2.05, 4.69) is 35.8 Å². The van der Waals surface area contributed by atoms with E-state index in [-0.39, 0.29) is 17.3 Å². The van der Waals surface area contributed by atoms with Crippen molar-refractivity contribution in [3.63, 3.8) is 0 Å². The topological polar surface area (TPSA) is 185 Å². The molecule has 0 radical (unpaired) electrons. The minimum absolute atomic E-state index is 0.0453. The number of rotatable bonds is 9. The number of aromatic amines is 1. The lowest BCUT2D eigenvalue weighted by Gasteiger charge is -2.06. The Hall–Kier alpha value is -4.29. The van der Waals surface area contributed by atoms with Crippen LogP contribution in [0.4, 0.5) is 5.82 Å². The molecule has 3 rings (SSSR count). The number of aliphatic carboxylic acids is 1. The van der Waals surface area contributed by atoms with E-state index in [9.17, 15) is 9.59 Å². The maximum atomic E-state index is 12.6. The number of nitrogen functional groups attached to an aromatic ring is 1. The molecule has 3 aromatic rings. The summed E-state index contributed by atoms with van der Waals surface area (Å²) in [5, 5.41) is 26.6. The lowest BCUT2D eigenvalue weighted by molar-refractivity contribution is -0.670. The molecule has 1 aromatic carbocycles. The van der Waals surface area contributed by atoms with Crippen molar-refractivity contribution in [3.05, 3.63) is 41.2 Å². The molecule has 0 fully saturated rings. The fourth-order valence-electron chi connectivity index (χ4n) is 2.57. The fraction of sp³-hybridized carbons (Fsp3) is 0.235. The number of carbonyl (C=O) groups is 2. The molecular weight excluding hydrogens is 396 g/mol. The number of nitrogens with two attached hydrogens (primary N) is 1. The van der Waals surface area contributed by atoms with E-state index in [1.807, 2.05) is 6.92 Å². The van der Waals surface area contributed by atoms with Crippen LogP contribution in [0.5, 0.6) is 5.75 Å². The second-order valence-corrected chi connectivity index (χ2v) is 5.98. The van der Waals surface area contributed by atoms with Gasteiger partial charge in [0.2, 0.25) is 0 Å². The number of carboxylic acid groups (broad SMARTS) is 1. The Morgan fingerprint density at radius 1 is 1.40 bits per heavy atom. The highest BCUT2D eigenvalue weighted by Gasteiger charge is 2.29. The molecule has 156 valence electrons. The van der Waals surface area contributed by atoms with Crippen LogP contribution in [0.1, 0.15) is 35.1 Å². The molecule has 13 heteroatoms. The van der Waals surface area contributed by atoms with E-state index >= 15 is 0 Å². The Morgan fingerprint density at radius 2 is 2.20 bits per heavy atom. The van der Waals surface area contributed by atoms with Gasteiger partial charge in [0, 0.05) is 12.0 Å². The van der Waals surface area contributed by atoms with E-state index < -0.39 is 18.5 Å². The monoisotopic (exact) mass is 415 g/mol. The molecule has 5 N–H and O–H groups in total. The van der Waals surface area contributed by atoms with Gasteiger partial charge in [0.15, 0.2) is 12.3 Å². The largest absolute Gasteiger partial charge is 0.481 e. The second kappa shape index (κ2) is 9.27. The fourth-order valence-corrected chi connectivity index (χ4v) is 2.57. The lowest BCUT2D eigenvalue weighted by Crippen LogP contribution is -2.39. The highest BCUT2D eigenvalue weighted by molar-refractivity contribution is 5.94. The minimum atomic E-state index is -1.10. The van der Waals surface area contributed by atoms with Crippen molar-refractivity contribution < 1.29 is 28.7 Å². The van der Waals surface area contributed by atoms with Gasteiger partial charge in [0.1, 0.15) is 10.9 Å². The van der Waals surface area contributed by atoms with Crippen LogP contribution in [0.15, 0.2) is 34.0 Å². The molecule has 0 bridgehead atoms. The van der Waals surface area contributed by atoms with Crippen LogP contribution in [0.3, 0.4) is 0 Å². The highest BCUT2D eigenvalue weighted by Crippen LogP contribution is 2.15. The zero-order valence-electron chi connectivity index (χ0n) is 15.9. The number of nitrogens with one attached hydrogen (secondary N) is 2. The number of carbonyl (C=O) groups excluding carboxylic acids is 1. The first-order valence-corrected chi connectivity index (χ1v) is 8.86. The first-order chi connectivity index (χ1) is 14.5. The van der Waals surface area contributed by atoms with Crippen LogP contribution in [0.2, 0.25) is 0 Å². The van der Waals surface area contributed by atoms with E-state index in [0.29, 0.717) is 23.4 Å². The molecule has 30 heavy (non-hydrogen) atoms. The van der Waals surface area contributed by atoms with Crippen LogP contribution in [0.25, 0.3) is 5.82 Å². The van der Waals surface area contributed by atoms with E-state index in [1.165, 1.54) is 10.9 Å². The Morgan fingerprint density at radius 3 is 2.90 bits per heavy atom. The molecule has 1 amide bonds. The number of hydrogen-bond acceptors (Lipinski definition) is 9. The Balaban J connectivity index is 1.77. The van der Waals surface area contributed by atoms with Crippen LogP contribution in [-0.4, -0.2) is 50.4 Å². The first-order valence-electron chi connectivity index (χ1n) is 8.86. The lowest BCUT2D eigenvalue weighted by atomic mass is 10.2. The molecule has 13 nitrogen and oxygen atoms in total. The first kappa shape index (κ1) is 20.4. The van der Waals surface area contributed by atoms with Gasteiger partial charge in [-0.3, -0.25) is 4.79 Å². The number of nitrogens with zero attached hydrogens (tertiary/aromatic N) is 5. The number of aromatic nitrogens is 5. The minimum Gasteiger partial charge on any atom is -0.481 e. The summed E-state index contributed by atoms with van der Waals surface area (Å²) >= 11 is 0. The summed E-state index contributed by atoms with van der Waals surface area (Å²) in [5.41, 5.74) is 9.22. The van der Waals surface area contributed by atoms with Gasteiger partial charge < -0.3 is 15.6 Å². The smallest absolute Gasteiger partial charge is 0.376 e. The number of benzene rings is 1. The zero-order valence-corrected chi connectivity index (χ0v) is 15.9. The molecular formula is C17H19N8O5+. The number of amides is 1. The Kier molecular flexibility index (Phi) is 6.32. The summed E-state index contributed by atoms with van der Waals surface area (Å²) in [6.45, 7) is 1.44. The van der Waals surface area contributed by atoms with Crippen LogP contribution in [0, 0.1) is 0 Å². The SMILES string of the molecule is CCCc1c(C(=O)NN=Cc2ccccc2OCC(=O)O)n[nH][n+]1-c1nonc1N. The van der Waals surface area contributed by atoms with Crippen molar-refractivity contribution >= 4 is 23.9 Å². The van der Waals surface area contributed by atoms with Crippen molar-refractivity contribution in [2.24, 2.45) is 5.10 Å². The molecule has 2 heterocycles. The molecule has 0 spiro atoms. The Labute approximate surface area is 169 Å². The maximum Gasteiger partial charge on any atom is 0.376 e. The maximum absolute atomic E-state index is 12.6. The second-order valence-electron chi connectivity index (χ2n) is 5.98. The number of ether oxygens (including phenoxy) is 1. The molecule has 0 saturated carbocycles. The third-order valence-corrected chi connectivity index (χ3v) is 3.85. The van der Waals surface area contributed by atoms with Crippen molar-refractivity contribution in [2.75, 3.05) is 12.3 Å². The molecule has 0 unspecified atom stereocenters. The van der Waals surface area contributed by atoms with Crippen LogP contribution >= 0.6 is 0 Å². The molecule has 2 aromatic heterocycles. The summed E-state index contributed by atoms with van der Waals surface area (Å²) in [5.74, 6) is -1.12. The average Bonchev–Trinajstić information content (AvgIpc) is 3.33. The molecule has 0 aliphatic rings. The van der Waals surface area contributed by atoms with Crippen molar-refractivity contribution in [2.45, 2.75) is 19.8 Å². The van der Waals surface area contributed by atoms with Gasteiger partial charge in [-0.2, -0.15) is 9.73 Å². The van der Waals surface area contributed by atoms with Gasteiger partial charge in [-0.25, -0.2) is 10.2 Å². The summed E-state index contributed by atoms with van der Waals surface area (Å²) < 4.78 is 11.2. The van der Waals surface area contributed by atoms with Gasteiger partial charge in [-0.1, -0.05) is 19.1 Å². The van der Waals surface area contributed by atoms with Gasteiger partial charge in [-0.05, 0) is 28.8 Å². The number of hydrogen-bond donors (Lipinski definition) is 4. The van der Waals surface area contributed by atoms with Crippen LogP contribution < -0.4 is 20.6 Å². The summed E-state index contributed by atoms with van der Waals surface area (Å²) in [4.78, 5) is 23.3. The zero-order chi connectivity index (χ0) is 21.5. The Bertz CT molecular complexity index is 1070. The normalized spacial score (nSPS) is 11.0. The van der Waals surface area contributed by atoms with Gasteiger partial charge >= 0.3 is 17.7 Å². The van der Waals surface area contributed by atoms with Crippen molar-refractivity contribution in [1.82, 2.24) is 26.1 Å². The molecule has 0 saturated heterocycles. The summed E-state index contributed by atoms with van der Waals surface area (Å²) in [7, 11) is 0. The number of para-hydroxylation sites is 1. The van der Waals surface area contributed by atoms with E-state index in [0.717, 1.165) is 6.42 Å². The third kappa shape index (κ3) is 4.57. The molecule has 0 aliphatic heterocycles. The predicted octanol–water partition coefficient (Wildman–Crippen LogP) is -0.169. The predicted molar refractivity (Wildman–Crippen MR) is 101 cm³/mol. The molecule has 0 atom stereocenters. The number of H-pyrrole nitrogens is 1. The third-order valence-electron chi connectivity index (χ3n) is 3.85. The average molecular weight is 415 g/mol. The standard InChI is InChI=1S/C17H18N8O5/c1-2-5-11-14(20-24-25(11)16-15(18)22-30-23-16)17(28)21-19-8-10-6-3-4-7-12(10)29-9-13(26)27/h3-4,6-8H,2,5,9H2,1H3,(H4,18,21,22,26,27,28)/p+1. The van der Waals surface area contributed by atoms with E-state index in [1.54, 1.807) is 24.3 Å². The van der Waals surface area contributed by atoms with E-state index in [4.69, 9.17) is 15.6 Å². The summed E-state index contributed by atoms with van der Waals surface area (Å²) in [6.07, 6.45) is 2.57. The molecule has 0 aliphatic carbocycles. The van der Waals surface area contributed by atoms with Crippen LogP contribution in [-0.2, 0) is 11.2 Å². The van der Waals surface area contributed by atoms with Crippen molar-refractivity contribution in [3.8, 4) is 11.6 Å².